The lowest BCUT2D eigenvalue weighted by Gasteiger charge is -2.02. The molecule has 0 fully saturated rings. The van der Waals surface area contributed by atoms with Crippen molar-refractivity contribution >= 4 is 5.78 Å². The Balaban J connectivity index is 1.75. The first-order chi connectivity index (χ1) is 11.2. The van der Waals surface area contributed by atoms with Crippen LogP contribution in [-0.2, 0) is 13.0 Å². The van der Waals surface area contributed by atoms with Crippen LogP contribution in [0.15, 0.2) is 73.2 Å². The summed E-state index contributed by atoms with van der Waals surface area (Å²) < 4.78 is 15.5. The highest BCUT2D eigenvalue weighted by atomic mass is 19.1. The van der Waals surface area contributed by atoms with Crippen LogP contribution in [0.4, 0.5) is 4.39 Å². The quantitative estimate of drug-likeness (QED) is 0.536. The molecule has 0 unspecified atom stereocenters. The monoisotopic (exact) mass is 307 g/mol. The molecule has 114 valence electrons. The maximum atomic E-state index is 13.7. The number of rotatable bonds is 5. The minimum atomic E-state index is -0.245. The van der Waals surface area contributed by atoms with Crippen molar-refractivity contribution in [2.24, 2.45) is 0 Å². The smallest absolute Gasteiger partial charge is 0.227 e. The maximum absolute atomic E-state index is 13.7. The van der Waals surface area contributed by atoms with Gasteiger partial charge in [0.15, 0.2) is 12.4 Å². The van der Waals surface area contributed by atoms with E-state index in [1.807, 2.05) is 18.2 Å². The van der Waals surface area contributed by atoms with Gasteiger partial charge in [-0.15, -0.1) is 0 Å². The second kappa shape index (κ2) is 6.92. The van der Waals surface area contributed by atoms with Gasteiger partial charge in [-0.05, 0) is 11.6 Å². The van der Waals surface area contributed by atoms with Gasteiger partial charge in [-0.3, -0.25) is 4.79 Å². The number of ketones is 1. The van der Waals surface area contributed by atoms with Gasteiger partial charge in [0.2, 0.25) is 12.3 Å². The molecule has 2 aromatic carbocycles. The van der Waals surface area contributed by atoms with E-state index in [1.54, 1.807) is 53.5 Å². The molecular formula is C19H16FN2O+. The Labute approximate surface area is 134 Å². The average Bonchev–Trinajstić information content (AvgIpc) is 2.58. The Bertz CT molecular complexity index is 818. The number of hydrogen-bond donors (Lipinski definition) is 0. The number of nitrogens with zero attached hydrogens (tertiary/aromatic N) is 2. The fourth-order valence-corrected chi connectivity index (χ4v) is 2.39. The van der Waals surface area contributed by atoms with Gasteiger partial charge < -0.3 is 0 Å². The molecule has 0 aliphatic rings. The molecule has 0 saturated heterocycles. The van der Waals surface area contributed by atoms with Crippen LogP contribution < -0.4 is 4.57 Å². The zero-order valence-corrected chi connectivity index (χ0v) is 12.5. The Morgan fingerprint density at radius 2 is 1.78 bits per heavy atom. The van der Waals surface area contributed by atoms with Crippen molar-refractivity contribution in [2.75, 3.05) is 0 Å². The molecule has 3 aromatic rings. The molecule has 1 heterocycles. The zero-order valence-electron chi connectivity index (χ0n) is 12.5. The van der Waals surface area contributed by atoms with Crippen LogP contribution in [0.3, 0.4) is 0 Å². The van der Waals surface area contributed by atoms with Crippen LogP contribution in [0.1, 0.15) is 21.6 Å². The normalized spacial score (nSPS) is 10.5. The number of halogens is 1. The van der Waals surface area contributed by atoms with E-state index >= 15 is 0 Å². The lowest BCUT2D eigenvalue weighted by molar-refractivity contribution is -0.684. The van der Waals surface area contributed by atoms with Crippen molar-refractivity contribution in [2.45, 2.75) is 13.0 Å². The van der Waals surface area contributed by atoms with Crippen LogP contribution in [0.2, 0.25) is 0 Å². The molecule has 3 rings (SSSR count). The number of benzene rings is 2. The van der Waals surface area contributed by atoms with Gasteiger partial charge in [0.25, 0.3) is 0 Å². The van der Waals surface area contributed by atoms with Gasteiger partial charge in [-0.2, -0.15) is 4.57 Å². The first-order valence-electron chi connectivity index (χ1n) is 7.38. The SMILES string of the molecule is O=C(C[n+]1ccnc(Cc2ccccc2F)c1)c1ccccc1. The van der Waals surface area contributed by atoms with E-state index in [9.17, 15) is 9.18 Å². The van der Waals surface area contributed by atoms with Crippen molar-refractivity contribution in [1.29, 1.82) is 0 Å². The standard InChI is InChI=1S/C19H16FN2O/c20-18-9-5-4-8-16(18)12-17-13-22(11-10-21-17)14-19(23)15-6-2-1-3-7-15/h1-11,13H,12,14H2/q+1. The molecule has 1 aromatic heterocycles. The second-order valence-electron chi connectivity index (χ2n) is 5.28. The summed E-state index contributed by atoms with van der Waals surface area (Å²) in [6.45, 7) is 0.233. The highest BCUT2D eigenvalue weighted by Crippen LogP contribution is 2.10. The molecule has 3 nitrogen and oxygen atoms in total. The van der Waals surface area contributed by atoms with Gasteiger partial charge in [-0.25, -0.2) is 9.37 Å². The van der Waals surface area contributed by atoms with Gasteiger partial charge >= 0.3 is 0 Å². The van der Waals surface area contributed by atoms with Gasteiger partial charge in [0.1, 0.15) is 11.5 Å². The third kappa shape index (κ3) is 3.86. The maximum Gasteiger partial charge on any atom is 0.227 e. The first-order valence-corrected chi connectivity index (χ1v) is 7.38. The van der Waals surface area contributed by atoms with Crippen LogP contribution in [0, 0.1) is 5.82 Å². The van der Waals surface area contributed by atoms with E-state index < -0.39 is 0 Å². The van der Waals surface area contributed by atoms with E-state index in [4.69, 9.17) is 0 Å². The number of carbonyl (C=O) groups is 1. The van der Waals surface area contributed by atoms with E-state index in [0.29, 0.717) is 17.5 Å². The molecule has 0 bridgehead atoms. The molecule has 0 saturated carbocycles. The fourth-order valence-electron chi connectivity index (χ4n) is 2.39. The molecule has 0 aliphatic heterocycles. The Morgan fingerprint density at radius 1 is 1.04 bits per heavy atom. The van der Waals surface area contributed by atoms with Gasteiger partial charge in [-0.1, -0.05) is 48.5 Å². The highest BCUT2D eigenvalue weighted by molar-refractivity contribution is 5.94. The first kappa shape index (κ1) is 15.0. The molecule has 0 radical (unpaired) electrons. The molecule has 0 spiro atoms. The van der Waals surface area contributed by atoms with Crippen LogP contribution >= 0.6 is 0 Å². The molecule has 0 aliphatic carbocycles. The predicted octanol–water partition coefficient (Wildman–Crippen LogP) is 2.98. The molecule has 4 heteroatoms. The van der Waals surface area contributed by atoms with Crippen LogP contribution in [0.5, 0.6) is 0 Å². The summed E-state index contributed by atoms with van der Waals surface area (Å²) in [7, 11) is 0. The lowest BCUT2D eigenvalue weighted by atomic mass is 10.1. The number of carbonyl (C=O) groups excluding carboxylic acids is 1. The topological polar surface area (TPSA) is 33.8 Å². The Morgan fingerprint density at radius 3 is 2.57 bits per heavy atom. The van der Waals surface area contributed by atoms with E-state index in [1.165, 1.54) is 6.07 Å². The average molecular weight is 307 g/mol. The van der Waals surface area contributed by atoms with Crippen LogP contribution in [-0.4, -0.2) is 10.8 Å². The van der Waals surface area contributed by atoms with Crippen molar-refractivity contribution in [3.63, 3.8) is 0 Å². The summed E-state index contributed by atoms with van der Waals surface area (Å²) in [5, 5.41) is 0. The number of Topliss-reactive ketones (excluding diaryl/α,β-unsaturated/α-hetero) is 1. The summed E-state index contributed by atoms with van der Waals surface area (Å²) in [6.07, 6.45) is 5.56. The lowest BCUT2D eigenvalue weighted by Crippen LogP contribution is -2.38. The van der Waals surface area contributed by atoms with Crippen molar-refractivity contribution < 1.29 is 13.8 Å². The largest absolute Gasteiger partial charge is 0.287 e. The summed E-state index contributed by atoms with van der Waals surface area (Å²) in [5.74, 6) is -0.219. The molecular weight excluding hydrogens is 291 g/mol. The molecule has 0 atom stereocenters. The minimum absolute atomic E-state index is 0.0265. The summed E-state index contributed by atoms with van der Waals surface area (Å²) >= 11 is 0. The second-order valence-corrected chi connectivity index (χ2v) is 5.28. The molecule has 0 amide bonds. The minimum Gasteiger partial charge on any atom is -0.287 e. The summed E-state index contributed by atoms with van der Waals surface area (Å²) in [5.41, 5.74) is 1.98. The van der Waals surface area contributed by atoms with Crippen LogP contribution in [0.25, 0.3) is 0 Å². The van der Waals surface area contributed by atoms with Crippen molar-refractivity contribution in [1.82, 2.24) is 4.98 Å². The van der Waals surface area contributed by atoms with E-state index in [2.05, 4.69) is 4.98 Å². The zero-order chi connectivity index (χ0) is 16.1. The predicted molar refractivity (Wildman–Crippen MR) is 84.4 cm³/mol. The summed E-state index contributed by atoms with van der Waals surface area (Å²) in [6, 6.07) is 15.8. The Hall–Kier alpha value is -2.88. The van der Waals surface area contributed by atoms with Gasteiger partial charge in [0, 0.05) is 12.0 Å². The Kier molecular flexibility index (Phi) is 4.52. The highest BCUT2D eigenvalue weighted by Gasteiger charge is 2.13. The van der Waals surface area contributed by atoms with Gasteiger partial charge in [0.05, 0.1) is 6.20 Å². The van der Waals surface area contributed by atoms with E-state index in [0.717, 1.165) is 5.69 Å². The third-order valence-electron chi connectivity index (χ3n) is 3.56. The van der Waals surface area contributed by atoms with E-state index in [-0.39, 0.29) is 18.1 Å². The third-order valence-corrected chi connectivity index (χ3v) is 3.56. The fraction of sp³-hybridized carbons (Fsp3) is 0.105. The van der Waals surface area contributed by atoms with Crippen molar-refractivity contribution in [3.05, 3.63) is 95.8 Å². The number of aromatic nitrogens is 2. The molecule has 0 N–H and O–H groups in total. The summed E-state index contributed by atoms with van der Waals surface area (Å²) in [4.78, 5) is 16.5. The number of hydrogen-bond acceptors (Lipinski definition) is 2. The molecule has 23 heavy (non-hydrogen) atoms. The van der Waals surface area contributed by atoms with Crippen molar-refractivity contribution in [3.8, 4) is 0 Å².